The predicted molar refractivity (Wildman–Crippen MR) is 129 cm³/mol. The summed E-state index contributed by atoms with van der Waals surface area (Å²) in [7, 11) is 0. The Labute approximate surface area is 199 Å². The van der Waals surface area contributed by atoms with Crippen molar-refractivity contribution >= 4 is 0 Å². The Morgan fingerprint density at radius 3 is 2.45 bits per heavy atom. The minimum atomic E-state index is -0.751. The van der Waals surface area contributed by atoms with Gasteiger partial charge in [0.05, 0.1) is 37.1 Å². The average Bonchev–Trinajstić information content (AvgIpc) is 3.08. The zero-order valence-electron chi connectivity index (χ0n) is 21.0. The van der Waals surface area contributed by atoms with Gasteiger partial charge in [-0.1, -0.05) is 30.2 Å². The standard InChI is InChI=1S/C27H46O6/c1-18(32-14-12-26(2,3)31)21-9-10-22-20(6-5-11-27(21,22)4)8-7-19-16-23(29)25(24(30)17-19)33-15-13-28/h7-8,18,21-25,28-31H,5-6,9-17H2,1-4H3/b19-7?,20-8-/t18-,21-,22+,23-,24-,25?,27-/m1/s1. The van der Waals surface area contributed by atoms with Crippen LogP contribution in [-0.4, -0.2) is 70.3 Å². The molecule has 190 valence electrons. The van der Waals surface area contributed by atoms with E-state index >= 15 is 0 Å². The summed E-state index contributed by atoms with van der Waals surface area (Å²) in [5.41, 5.74) is 2.08. The van der Waals surface area contributed by atoms with E-state index in [9.17, 15) is 15.3 Å². The molecule has 6 nitrogen and oxygen atoms in total. The number of allylic oxidation sites excluding steroid dienone is 3. The summed E-state index contributed by atoms with van der Waals surface area (Å²) in [5, 5.41) is 39.8. The van der Waals surface area contributed by atoms with E-state index in [-0.39, 0.29) is 24.7 Å². The van der Waals surface area contributed by atoms with E-state index in [0.29, 0.717) is 37.7 Å². The molecule has 0 aliphatic heterocycles. The lowest BCUT2D eigenvalue weighted by atomic mass is 9.62. The average molecular weight is 467 g/mol. The van der Waals surface area contributed by atoms with Gasteiger partial charge < -0.3 is 29.9 Å². The fourth-order valence-electron chi connectivity index (χ4n) is 6.54. The maximum absolute atomic E-state index is 10.4. The summed E-state index contributed by atoms with van der Waals surface area (Å²) in [6, 6.07) is 0. The maximum atomic E-state index is 10.4. The molecule has 3 rings (SSSR count). The molecule has 0 bridgehead atoms. The summed E-state index contributed by atoms with van der Waals surface area (Å²) < 4.78 is 11.6. The van der Waals surface area contributed by atoms with Crippen LogP contribution in [0.1, 0.15) is 79.1 Å². The lowest BCUT2D eigenvalue weighted by Crippen LogP contribution is -2.44. The molecular formula is C27H46O6. The van der Waals surface area contributed by atoms with Crippen LogP contribution in [0.4, 0.5) is 0 Å². The number of ether oxygens (including phenoxy) is 2. The maximum Gasteiger partial charge on any atom is 0.110 e. The normalized spacial score (nSPS) is 37.3. The van der Waals surface area contributed by atoms with Crippen molar-refractivity contribution in [1.82, 2.24) is 0 Å². The highest BCUT2D eigenvalue weighted by Gasteiger charge is 2.51. The molecule has 6 heteroatoms. The molecule has 0 saturated heterocycles. The van der Waals surface area contributed by atoms with Gasteiger partial charge in [0.15, 0.2) is 0 Å². The Hall–Kier alpha value is -0.760. The first-order chi connectivity index (χ1) is 15.5. The molecule has 4 N–H and O–H groups in total. The van der Waals surface area contributed by atoms with Crippen LogP contribution in [0, 0.1) is 17.3 Å². The van der Waals surface area contributed by atoms with Gasteiger partial charge in [-0.05, 0) is 89.4 Å². The molecule has 0 amide bonds. The molecular weight excluding hydrogens is 420 g/mol. The fourth-order valence-corrected chi connectivity index (χ4v) is 6.54. The molecule has 0 unspecified atom stereocenters. The van der Waals surface area contributed by atoms with Crippen LogP contribution in [-0.2, 0) is 9.47 Å². The van der Waals surface area contributed by atoms with E-state index in [1.54, 1.807) is 0 Å². The highest BCUT2D eigenvalue weighted by atomic mass is 16.5. The van der Waals surface area contributed by atoms with Crippen molar-refractivity contribution in [2.45, 2.75) is 109 Å². The number of aliphatic hydroxyl groups is 4. The molecule has 0 spiro atoms. The Balaban J connectivity index is 1.64. The van der Waals surface area contributed by atoms with Gasteiger partial charge in [0.25, 0.3) is 0 Å². The van der Waals surface area contributed by atoms with Crippen LogP contribution in [0.2, 0.25) is 0 Å². The molecule has 0 aromatic carbocycles. The smallest absolute Gasteiger partial charge is 0.110 e. The Morgan fingerprint density at radius 1 is 1.12 bits per heavy atom. The third-order valence-electron chi connectivity index (χ3n) is 8.33. The zero-order valence-corrected chi connectivity index (χ0v) is 21.0. The molecule has 3 fully saturated rings. The molecule has 6 atom stereocenters. The van der Waals surface area contributed by atoms with Gasteiger partial charge in [-0.15, -0.1) is 0 Å². The van der Waals surface area contributed by atoms with E-state index in [1.807, 2.05) is 13.8 Å². The van der Waals surface area contributed by atoms with Gasteiger partial charge >= 0.3 is 0 Å². The summed E-state index contributed by atoms with van der Waals surface area (Å²) in [6.07, 6.45) is 9.91. The van der Waals surface area contributed by atoms with E-state index in [2.05, 4.69) is 26.0 Å². The Kier molecular flexibility index (Phi) is 9.20. The van der Waals surface area contributed by atoms with Gasteiger partial charge in [0, 0.05) is 6.61 Å². The van der Waals surface area contributed by atoms with E-state index < -0.39 is 23.9 Å². The molecule has 0 aromatic heterocycles. The van der Waals surface area contributed by atoms with Crippen molar-refractivity contribution in [3.63, 3.8) is 0 Å². The molecule has 3 aliphatic rings. The Morgan fingerprint density at radius 2 is 1.82 bits per heavy atom. The quantitative estimate of drug-likeness (QED) is 0.415. The third kappa shape index (κ3) is 6.68. The predicted octanol–water partition coefficient (Wildman–Crippen LogP) is 3.51. The van der Waals surface area contributed by atoms with Crippen LogP contribution >= 0.6 is 0 Å². The lowest BCUT2D eigenvalue weighted by Gasteiger charge is -2.44. The zero-order chi connectivity index (χ0) is 24.2. The largest absolute Gasteiger partial charge is 0.394 e. The molecule has 3 saturated carbocycles. The van der Waals surface area contributed by atoms with Crippen LogP contribution < -0.4 is 0 Å². The number of aliphatic hydroxyl groups excluding tert-OH is 3. The molecule has 0 aromatic rings. The first-order valence-corrected chi connectivity index (χ1v) is 12.9. The van der Waals surface area contributed by atoms with E-state index in [1.165, 1.54) is 31.3 Å². The van der Waals surface area contributed by atoms with Gasteiger partial charge in [-0.3, -0.25) is 0 Å². The first kappa shape index (κ1) is 26.8. The monoisotopic (exact) mass is 466 g/mol. The lowest BCUT2D eigenvalue weighted by molar-refractivity contribution is -0.115. The minimum absolute atomic E-state index is 0.116. The molecule has 33 heavy (non-hydrogen) atoms. The van der Waals surface area contributed by atoms with Crippen LogP contribution in [0.25, 0.3) is 0 Å². The van der Waals surface area contributed by atoms with Gasteiger partial charge in [0.1, 0.15) is 6.10 Å². The summed E-state index contributed by atoms with van der Waals surface area (Å²) in [5.74, 6) is 1.07. The van der Waals surface area contributed by atoms with Crippen molar-refractivity contribution in [3.8, 4) is 0 Å². The third-order valence-corrected chi connectivity index (χ3v) is 8.33. The van der Waals surface area contributed by atoms with Crippen molar-refractivity contribution < 1.29 is 29.9 Å². The second kappa shape index (κ2) is 11.3. The van der Waals surface area contributed by atoms with Crippen molar-refractivity contribution in [2.24, 2.45) is 17.3 Å². The second-order valence-corrected chi connectivity index (χ2v) is 11.4. The van der Waals surface area contributed by atoms with Crippen LogP contribution in [0.5, 0.6) is 0 Å². The SMILES string of the molecule is C[C@@H](OCCC(C)(C)O)[C@H]1CC[C@H]2/C(=C\C=C3C[C@@H](O)C(OCCO)[C@H](O)C3)CCC[C@]12C. The van der Waals surface area contributed by atoms with Crippen molar-refractivity contribution in [3.05, 3.63) is 23.3 Å². The molecule has 0 radical (unpaired) electrons. The fraction of sp³-hybridized carbons (Fsp3) is 0.852. The van der Waals surface area contributed by atoms with Gasteiger partial charge in [0.2, 0.25) is 0 Å². The highest BCUT2D eigenvalue weighted by Crippen LogP contribution is 2.58. The highest BCUT2D eigenvalue weighted by molar-refractivity contribution is 5.26. The van der Waals surface area contributed by atoms with Crippen molar-refractivity contribution in [2.75, 3.05) is 19.8 Å². The van der Waals surface area contributed by atoms with E-state index in [4.69, 9.17) is 14.6 Å². The number of rotatable bonds is 9. The number of hydrogen-bond donors (Lipinski definition) is 4. The summed E-state index contributed by atoms with van der Waals surface area (Å²) in [4.78, 5) is 0. The number of hydrogen-bond acceptors (Lipinski definition) is 6. The van der Waals surface area contributed by atoms with Gasteiger partial charge in [-0.2, -0.15) is 0 Å². The second-order valence-electron chi connectivity index (χ2n) is 11.4. The van der Waals surface area contributed by atoms with E-state index in [0.717, 1.165) is 12.0 Å². The van der Waals surface area contributed by atoms with Crippen molar-refractivity contribution in [1.29, 1.82) is 0 Å². The number of fused-ring (bicyclic) bond motifs is 1. The van der Waals surface area contributed by atoms with Crippen LogP contribution in [0.3, 0.4) is 0 Å². The molecule has 3 aliphatic carbocycles. The Bertz CT molecular complexity index is 681. The van der Waals surface area contributed by atoms with Crippen LogP contribution in [0.15, 0.2) is 23.3 Å². The first-order valence-electron chi connectivity index (χ1n) is 12.9. The molecule has 0 heterocycles. The summed E-state index contributed by atoms with van der Waals surface area (Å²) >= 11 is 0. The summed E-state index contributed by atoms with van der Waals surface area (Å²) in [6.45, 7) is 8.88. The van der Waals surface area contributed by atoms with Gasteiger partial charge in [-0.25, -0.2) is 0 Å². The minimum Gasteiger partial charge on any atom is -0.394 e. The topological polar surface area (TPSA) is 99.4 Å².